The number of nitrogens with zero attached hydrogens (tertiary/aromatic N) is 1. The van der Waals surface area contributed by atoms with Gasteiger partial charge in [-0.15, -0.1) is 6.58 Å². The van der Waals surface area contributed by atoms with E-state index in [9.17, 15) is 5.11 Å². The van der Waals surface area contributed by atoms with Gasteiger partial charge in [-0.3, -0.25) is 4.98 Å². The van der Waals surface area contributed by atoms with E-state index in [0.29, 0.717) is 0 Å². The van der Waals surface area contributed by atoms with Gasteiger partial charge in [-0.05, 0) is 43.4 Å². The third-order valence-corrected chi connectivity index (χ3v) is 3.73. The molecular weight excluding hydrogens is 282 g/mol. The van der Waals surface area contributed by atoms with E-state index in [1.165, 1.54) is 11.1 Å². The van der Waals surface area contributed by atoms with Gasteiger partial charge in [-0.25, -0.2) is 0 Å². The topological polar surface area (TPSA) is 33.1 Å². The molecule has 0 bridgehead atoms. The second kappa shape index (κ2) is 9.06. The molecule has 0 radical (unpaired) electrons. The number of rotatable bonds is 8. The van der Waals surface area contributed by atoms with Gasteiger partial charge in [-0.1, -0.05) is 48.6 Å². The number of unbranched alkanes of at least 4 members (excludes halogenated alkanes) is 1. The molecule has 1 atom stereocenters. The highest BCUT2D eigenvalue weighted by atomic mass is 16.3. The van der Waals surface area contributed by atoms with Crippen molar-refractivity contribution in [1.82, 2.24) is 4.98 Å². The summed E-state index contributed by atoms with van der Waals surface area (Å²) >= 11 is 0. The van der Waals surface area contributed by atoms with Crippen molar-refractivity contribution in [3.8, 4) is 11.1 Å². The minimum absolute atomic E-state index is 0.200. The third-order valence-electron chi connectivity index (χ3n) is 3.73. The SMILES string of the molecule is C=CCc1ccc(-c2ccc(/C=C/CCCC(C)O)cc2)cn1. The van der Waals surface area contributed by atoms with Gasteiger partial charge < -0.3 is 5.11 Å². The molecule has 0 spiro atoms. The first kappa shape index (κ1) is 17.2. The second-order valence-corrected chi connectivity index (χ2v) is 5.84. The Labute approximate surface area is 139 Å². The van der Waals surface area contributed by atoms with Gasteiger partial charge in [0.15, 0.2) is 0 Å². The Morgan fingerprint density at radius 3 is 2.48 bits per heavy atom. The lowest BCUT2D eigenvalue weighted by Gasteiger charge is -2.03. The van der Waals surface area contributed by atoms with Gasteiger partial charge in [0.25, 0.3) is 0 Å². The molecule has 0 aliphatic carbocycles. The third kappa shape index (κ3) is 5.84. The fourth-order valence-corrected chi connectivity index (χ4v) is 2.40. The van der Waals surface area contributed by atoms with Gasteiger partial charge >= 0.3 is 0 Å². The molecule has 0 aliphatic rings. The molecule has 2 heteroatoms. The predicted molar refractivity (Wildman–Crippen MR) is 98.1 cm³/mol. The first-order chi connectivity index (χ1) is 11.2. The molecule has 1 heterocycles. The summed E-state index contributed by atoms with van der Waals surface area (Å²) in [6, 6.07) is 12.6. The molecule has 2 rings (SSSR count). The zero-order valence-electron chi connectivity index (χ0n) is 13.8. The van der Waals surface area contributed by atoms with Crippen LogP contribution in [0.3, 0.4) is 0 Å². The molecule has 0 saturated heterocycles. The van der Waals surface area contributed by atoms with Crippen molar-refractivity contribution < 1.29 is 5.11 Å². The Balaban J connectivity index is 1.93. The van der Waals surface area contributed by atoms with Crippen LogP contribution in [0.4, 0.5) is 0 Å². The van der Waals surface area contributed by atoms with E-state index in [0.717, 1.165) is 36.9 Å². The van der Waals surface area contributed by atoms with Gasteiger partial charge in [0, 0.05) is 23.9 Å². The molecule has 2 nitrogen and oxygen atoms in total. The first-order valence-electron chi connectivity index (χ1n) is 8.20. The Morgan fingerprint density at radius 2 is 1.87 bits per heavy atom. The highest BCUT2D eigenvalue weighted by Crippen LogP contribution is 2.20. The summed E-state index contributed by atoms with van der Waals surface area (Å²) in [6.07, 6.45) is 11.6. The summed E-state index contributed by atoms with van der Waals surface area (Å²) in [4.78, 5) is 4.45. The van der Waals surface area contributed by atoms with Gasteiger partial charge in [0.1, 0.15) is 0 Å². The number of aliphatic hydroxyl groups excluding tert-OH is 1. The molecule has 120 valence electrons. The Bertz CT molecular complexity index is 624. The lowest BCUT2D eigenvalue weighted by Crippen LogP contribution is -1.97. The summed E-state index contributed by atoms with van der Waals surface area (Å²) in [5.74, 6) is 0. The molecule has 2 aromatic rings. The number of benzene rings is 1. The molecular formula is C21H25NO. The standard InChI is InChI=1S/C21H25NO/c1-3-7-21-15-14-20(16-22-21)19-12-10-18(11-13-19)9-6-4-5-8-17(2)23/h3,6,9-17,23H,1,4-5,7-8H2,2H3/b9-6+. The summed E-state index contributed by atoms with van der Waals surface area (Å²) in [6.45, 7) is 5.57. The van der Waals surface area contributed by atoms with Crippen LogP contribution in [-0.4, -0.2) is 16.2 Å². The number of aromatic nitrogens is 1. The summed E-state index contributed by atoms with van der Waals surface area (Å²) < 4.78 is 0. The molecule has 0 fully saturated rings. The van der Waals surface area contributed by atoms with Crippen molar-refractivity contribution in [2.45, 2.75) is 38.7 Å². The number of pyridine rings is 1. The number of hydrogen-bond donors (Lipinski definition) is 1. The van der Waals surface area contributed by atoms with E-state index < -0.39 is 0 Å². The average Bonchev–Trinajstić information content (AvgIpc) is 2.56. The van der Waals surface area contributed by atoms with Crippen LogP contribution in [0.25, 0.3) is 17.2 Å². The number of allylic oxidation sites excluding steroid dienone is 2. The first-order valence-corrected chi connectivity index (χ1v) is 8.20. The molecule has 0 saturated carbocycles. The van der Waals surface area contributed by atoms with E-state index in [-0.39, 0.29) is 6.10 Å². The molecule has 0 amide bonds. The fourth-order valence-electron chi connectivity index (χ4n) is 2.40. The molecule has 1 unspecified atom stereocenters. The zero-order valence-corrected chi connectivity index (χ0v) is 13.8. The number of hydrogen-bond acceptors (Lipinski definition) is 2. The highest BCUT2D eigenvalue weighted by Gasteiger charge is 1.99. The van der Waals surface area contributed by atoms with Gasteiger partial charge in [0.05, 0.1) is 6.10 Å². The van der Waals surface area contributed by atoms with Crippen LogP contribution in [0, 0.1) is 0 Å². The van der Waals surface area contributed by atoms with Crippen molar-refractivity contribution in [2.75, 3.05) is 0 Å². The Hall–Kier alpha value is -2.19. The monoisotopic (exact) mass is 307 g/mol. The molecule has 1 N–H and O–H groups in total. The minimum atomic E-state index is -0.200. The van der Waals surface area contributed by atoms with Crippen LogP contribution in [0.1, 0.15) is 37.4 Å². The van der Waals surface area contributed by atoms with E-state index in [1.807, 2.05) is 25.3 Å². The zero-order chi connectivity index (χ0) is 16.5. The fraction of sp³-hybridized carbons (Fsp3) is 0.286. The van der Waals surface area contributed by atoms with Gasteiger partial charge in [0.2, 0.25) is 0 Å². The normalized spacial score (nSPS) is 12.4. The second-order valence-electron chi connectivity index (χ2n) is 5.84. The van der Waals surface area contributed by atoms with Gasteiger partial charge in [-0.2, -0.15) is 0 Å². The van der Waals surface area contributed by atoms with Crippen LogP contribution in [0.2, 0.25) is 0 Å². The molecule has 1 aromatic heterocycles. The van der Waals surface area contributed by atoms with Crippen molar-refractivity contribution >= 4 is 6.08 Å². The Kier molecular flexibility index (Phi) is 6.76. The van der Waals surface area contributed by atoms with Crippen LogP contribution < -0.4 is 0 Å². The van der Waals surface area contributed by atoms with E-state index in [1.54, 1.807) is 0 Å². The maximum atomic E-state index is 9.22. The van der Waals surface area contributed by atoms with Crippen LogP contribution >= 0.6 is 0 Å². The predicted octanol–water partition coefficient (Wildman–Crippen LogP) is 5.04. The van der Waals surface area contributed by atoms with E-state index in [4.69, 9.17) is 0 Å². The minimum Gasteiger partial charge on any atom is -0.393 e. The lowest BCUT2D eigenvalue weighted by atomic mass is 10.0. The van der Waals surface area contributed by atoms with Crippen molar-refractivity contribution in [3.05, 3.63) is 72.6 Å². The van der Waals surface area contributed by atoms with Crippen molar-refractivity contribution in [2.24, 2.45) is 0 Å². The number of aliphatic hydroxyl groups is 1. The maximum Gasteiger partial charge on any atom is 0.0512 e. The summed E-state index contributed by atoms with van der Waals surface area (Å²) in [5.41, 5.74) is 4.54. The molecule has 0 aliphatic heterocycles. The molecule has 23 heavy (non-hydrogen) atoms. The van der Waals surface area contributed by atoms with Crippen LogP contribution in [-0.2, 0) is 6.42 Å². The van der Waals surface area contributed by atoms with Crippen LogP contribution in [0.5, 0.6) is 0 Å². The van der Waals surface area contributed by atoms with E-state index in [2.05, 4.69) is 54.0 Å². The summed E-state index contributed by atoms with van der Waals surface area (Å²) in [5, 5.41) is 9.22. The van der Waals surface area contributed by atoms with Crippen molar-refractivity contribution in [3.63, 3.8) is 0 Å². The molecule has 1 aromatic carbocycles. The van der Waals surface area contributed by atoms with Crippen molar-refractivity contribution in [1.29, 1.82) is 0 Å². The highest BCUT2D eigenvalue weighted by molar-refractivity contribution is 5.65. The largest absolute Gasteiger partial charge is 0.393 e. The Morgan fingerprint density at radius 1 is 1.13 bits per heavy atom. The van der Waals surface area contributed by atoms with Crippen LogP contribution in [0.15, 0.2) is 61.3 Å². The average molecular weight is 307 g/mol. The maximum absolute atomic E-state index is 9.22. The quantitative estimate of drug-likeness (QED) is 0.547. The lowest BCUT2D eigenvalue weighted by molar-refractivity contribution is 0.182. The smallest absolute Gasteiger partial charge is 0.0512 e. The summed E-state index contributed by atoms with van der Waals surface area (Å²) in [7, 11) is 0. The van der Waals surface area contributed by atoms with E-state index >= 15 is 0 Å².